The highest BCUT2D eigenvalue weighted by molar-refractivity contribution is 6.32. The number of nitrogens with one attached hydrogen (secondary N) is 1. The molecule has 0 aliphatic heterocycles. The molecular weight excluding hydrogens is 268 g/mol. The molecule has 0 aromatic heterocycles. The lowest BCUT2D eigenvalue weighted by Gasteiger charge is -2.14. The maximum Gasteiger partial charge on any atom is 0.271 e. The smallest absolute Gasteiger partial charge is 0.271 e. The first kappa shape index (κ1) is 14.1. The predicted octanol–water partition coefficient (Wildman–Crippen LogP) is 3.02. The van der Waals surface area contributed by atoms with Gasteiger partial charge in [0.05, 0.1) is 16.6 Å². The van der Waals surface area contributed by atoms with Gasteiger partial charge in [0.2, 0.25) is 0 Å². The Hall–Kier alpha value is -1.33. The number of hydrogen-bond acceptors (Lipinski definition) is 4. The summed E-state index contributed by atoms with van der Waals surface area (Å²) in [4.78, 5) is 10.1. The molecule has 1 unspecified atom stereocenters. The fourth-order valence-corrected chi connectivity index (χ4v) is 1.90. The molecule has 0 spiro atoms. The van der Waals surface area contributed by atoms with E-state index in [-0.39, 0.29) is 10.7 Å². The van der Waals surface area contributed by atoms with E-state index in [1.54, 1.807) is 6.07 Å². The van der Waals surface area contributed by atoms with Gasteiger partial charge in [0, 0.05) is 30.6 Å². The van der Waals surface area contributed by atoms with Gasteiger partial charge in [0.25, 0.3) is 5.69 Å². The summed E-state index contributed by atoms with van der Waals surface area (Å²) in [7, 11) is 0. The van der Waals surface area contributed by atoms with Gasteiger partial charge in [-0.25, -0.2) is 0 Å². The van der Waals surface area contributed by atoms with Crippen LogP contribution in [-0.2, 0) is 0 Å². The van der Waals surface area contributed by atoms with Crippen LogP contribution in [0.4, 0.5) is 5.69 Å². The Bertz CT molecular complexity index is 463. The molecule has 0 saturated heterocycles. The van der Waals surface area contributed by atoms with Crippen molar-refractivity contribution in [3.05, 3.63) is 33.3 Å². The fraction of sp³-hybridized carbons (Fsp3) is 0.538. The minimum absolute atomic E-state index is 0.0270. The van der Waals surface area contributed by atoms with Crippen molar-refractivity contribution < 1.29 is 9.66 Å². The Morgan fingerprint density at radius 1 is 1.58 bits per heavy atom. The predicted molar refractivity (Wildman–Crippen MR) is 73.8 cm³/mol. The summed E-state index contributed by atoms with van der Waals surface area (Å²) < 4.78 is 5.59. The van der Waals surface area contributed by atoms with Crippen LogP contribution in [0.25, 0.3) is 0 Å². The fourth-order valence-electron chi connectivity index (χ4n) is 1.67. The van der Waals surface area contributed by atoms with Gasteiger partial charge in [-0.2, -0.15) is 0 Å². The number of non-ortho nitro benzene ring substituents is 1. The van der Waals surface area contributed by atoms with Crippen LogP contribution in [-0.4, -0.2) is 24.1 Å². The minimum Gasteiger partial charge on any atom is -0.492 e. The van der Waals surface area contributed by atoms with E-state index < -0.39 is 4.92 Å². The molecule has 1 aromatic carbocycles. The number of halogens is 1. The van der Waals surface area contributed by atoms with E-state index in [0.717, 1.165) is 6.54 Å². The number of nitro groups is 1. The van der Waals surface area contributed by atoms with E-state index in [1.807, 2.05) is 0 Å². The maximum atomic E-state index is 10.6. The largest absolute Gasteiger partial charge is 0.492 e. The molecule has 5 nitrogen and oxygen atoms in total. The van der Waals surface area contributed by atoms with Gasteiger partial charge in [0.15, 0.2) is 0 Å². The lowest BCUT2D eigenvalue weighted by atomic mass is 10.2. The number of ether oxygens (including phenoxy) is 1. The van der Waals surface area contributed by atoms with Crippen LogP contribution in [0.5, 0.6) is 5.75 Å². The number of benzene rings is 1. The van der Waals surface area contributed by atoms with Gasteiger partial charge in [-0.1, -0.05) is 18.5 Å². The van der Waals surface area contributed by atoms with Crippen LogP contribution in [0, 0.1) is 16.0 Å². The van der Waals surface area contributed by atoms with Gasteiger partial charge < -0.3 is 10.1 Å². The third-order valence-corrected chi connectivity index (χ3v) is 3.28. The average molecular weight is 285 g/mol. The highest BCUT2D eigenvalue weighted by Gasteiger charge is 2.21. The van der Waals surface area contributed by atoms with Crippen molar-refractivity contribution in [3.8, 4) is 5.75 Å². The summed E-state index contributed by atoms with van der Waals surface area (Å²) in [5, 5.41) is 14.3. The number of rotatable bonds is 7. The van der Waals surface area contributed by atoms with E-state index in [1.165, 1.54) is 25.0 Å². The van der Waals surface area contributed by atoms with Gasteiger partial charge in [-0.05, 0) is 18.9 Å². The topological polar surface area (TPSA) is 64.4 Å². The number of nitro benzene ring substituents is 1. The van der Waals surface area contributed by atoms with Crippen LogP contribution in [0.2, 0.25) is 5.02 Å². The average Bonchev–Trinajstić information content (AvgIpc) is 3.18. The molecule has 2 rings (SSSR count). The van der Waals surface area contributed by atoms with Gasteiger partial charge in [0.1, 0.15) is 5.75 Å². The molecule has 0 amide bonds. The second-order valence-electron chi connectivity index (χ2n) is 4.97. The van der Waals surface area contributed by atoms with E-state index >= 15 is 0 Å². The zero-order valence-corrected chi connectivity index (χ0v) is 11.5. The third-order valence-electron chi connectivity index (χ3n) is 2.98. The Balaban J connectivity index is 1.82. The second-order valence-corrected chi connectivity index (χ2v) is 5.38. The normalized spacial score (nSPS) is 16.1. The summed E-state index contributed by atoms with van der Waals surface area (Å²) >= 11 is 5.95. The molecule has 0 bridgehead atoms. The monoisotopic (exact) mass is 284 g/mol. The molecule has 1 fully saturated rings. The van der Waals surface area contributed by atoms with Crippen molar-refractivity contribution in [2.45, 2.75) is 25.8 Å². The van der Waals surface area contributed by atoms with Crippen LogP contribution in [0.1, 0.15) is 19.8 Å². The molecular formula is C13H17ClN2O3. The summed E-state index contributed by atoms with van der Waals surface area (Å²) in [5.74, 6) is 0.859. The molecule has 1 N–H and O–H groups in total. The quantitative estimate of drug-likeness (QED) is 0.617. The maximum absolute atomic E-state index is 10.6. The molecule has 1 aliphatic rings. The first-order valence-corrected chi connectivity index (χ1v) is 6.74. The number of hydrogen-bond donors (Lipinski definition) is 1. The summed E-state index contributed by atoms with van der Waals surface area (Å²) in [6.07, 6.45) is 2.53. The van der Waals surface area contributed by atoms with Gasteiger partial charge in [-0.15, -0.1) is 0 Å². The van der Waals surface area contributed by atoms with Crippen LogP contribution in [0.3, 0.4) is 0 Å². The molecule has 1 aliphatic carbocycles. The van der Waals surface area contributed by atoms with Gasteiger partial charge in [-0.3, -0.25) is 10.1 Å². The summed E-state index contributed by atoms with van der Waals surface area (Å²) in [6, 6.07) is 4.94. The van der Waals surface area contributed by atoms with Crippen molar-refractivity contribution >= 4 is 17.3 Å². The second kappa shape index (κ2) is 6.21. The first-order valence-electron chi connectivity index (χ1n) is 6.36. The van der Waals surface area contributed by atoms with Crippen LogP contribution < -0.4 is 10.1 Å². The van der Waals surface area contributed by atoms with Crippen molar-refractivity contribution in [1.82, 2.24) is 5.32 Å². The Kier molecular flexibility index (Phi) is 4.61. The molecule has 0 radical (unpaired) electrons. The highest BCUT2D eigenvalue weighted by atomic mass is 35.5. The molecule has 19 heavy (non-hydrogen) atoms. The summed E-state index contributed by atoms with van der Waals surface area (Å²) in [5.41, 5.74) is -0.0270. The van der Waals surface area contributed by atoms with E-state index in [2.05, 4.69) is 12.2 Å². The van der Waals surface area contributed by atoms with Crippen molar-refractivity contribution in [2.75, 3.05) is 13.2 Å². The lowest BCUT2D eigenvalue weighted by molar-refractivity contribution is -0.384. The first-order chi connectivity index (χ1) is 9.06. The SMILES string of the molecule is CC(CNC1CC1)COc1ccc([N+](=O)[O-])cc1Cl. The van der Waals surface area contributed by atoms with Crippen molar-refractivity contribution in [2.24, 2.45) is 5.92 Å². The Labute approximate surface area is 117 Å². The van der Waals surface area contributed by atoms with E-state index in [0.29, 0.717) is 24.3 Å². The highest BCUT2D eigenvalue weighted by Crippen LogP contribution is 2.29. The van der Waals surface area contributed by atoms with Crippen molar-refractivity contribution in [3.63, 3.8) is 0 Å². The van der Waals surface area contributed by atoms with Crippen LogP contribution >= 0.6 is 11.6 Å². The molecule has 6 heteroatoms. The Morgan fingerprint density at radius 3 is 2.89 bits per heavy atom. The summed E-state index contributed by atoms with van der Waals surface area (Å²) in [6.45, 7) is 3.54. The number of nitrogens with zero attached hydrogens (tertiary/aromatic N) is 1. The van der Waals surface area contributed by atoms with Gasteiger partial charge >= 0.3 is 0 Å². The lowest BCUT2D eigenvalue weighted by Crippen LogP contribution is -2.26. The molecule has 0 heterocycles. The molecule has 1 saturated carbocycles. The van der Waals surface area contributed by atoms with E-state index in [4.69, 9.17) is 16.3 Å². The standard InChI is InChI=1S/C13H17ClN2O3/c1-9(7-15-10-2-3-10)8-19-13-5-4-11(16(17)18)6-12(13)14/h4-6,9-10,15H,2-3,7-8H2,1H3. The zero-order chi connectivity index (χ0) is 13.8. The Morgan fingerprint density at radius 2 is 2.32 bits per heavy atom. The van der Waals surface area contributed by atoms with Crippen LogP contribution in [0.15, 0.2) is 18.2 Å². The molecule has 1 atom stereocenters. The minimum atomic E-state index is -0.474. The zero-order valence-electron chi connectivity index (χ0n) is 10.8. The van der Waals surface area contributed by atoms with Crippen molar-refractivity contribution in [1.29, 1.82) is 0 Å². The molecule has 1 aromatic rings. The molecule has 104 valence electrons. The van der Waals surface area contributed by atoms with E-state index in [9.17, 15) is 10.1 Å². The third kappa shape index (κ3) is 4.36.